The Morgan fingerprint density at radius 2 is 1.95 bits per heavy atom. The molecule has 19 heavy (non-hydrogen) atoms. The monoisotopic (exact) mass is 262 g/mol. The van der Waals surface area contributed by atoms with Crippen molar-refractivity contribution in [2.24, 2.45) is 5.73 Å². The Hall–Kier alpha value is -1.35. The fraction of sp³-hybridized carbons (Fsp3) is 0.562. The summed E-state index contributed by atoms with van der Waals surface area (Å²) in [5.41, 5.74) is 7.15. The summed E-state index contributed by atoms with van der Waals surface area (Å²) >= 11 is 0. The zero-order chi connectivity index (χ0) is 14.1. The molecule has 106 valence electrons. The molecule has 0 spiro atoms. The molecule has 2 atom stereocenters. The van der Waals surface area contributed by atoms with Gasteiger partial charge in [-0.1, -0.05) is 50.1 Å². The van der Waals surface area contributed by atoms with E-state index in [0.717, 1.165) is 32.1 Å². The van der Waals surface area contributed by atoms with Crippen LogP contribution in [0.1, 0.15) is 45.1 Å². The quantitative estimate of drug-likeness (QED) is 0.756. The molecule has 0 aliphatic heterocycles. The van der Waals surface area contributed by atoms with Crippen LogP contribution in [-0.2, 0) is 11.2 Å². The number of carbonyl (C=O) groups is 1. The van der Waals surface area contributed by atoms with Crippen molar-refractivity contribution >= 4 is 5.91 Å². The molecule has 1 unspecified atom stereocenters. The molecule has 0 aliphatic carbocycles. The fourth-order valence-electron chi connectivity index (χ4n) is 2.01. The number of benzene rings is 1. The van der Waals surface area contributed by atoms with Gasteiger partial charge in [-0.05, 0) is 31.7 Å². The number of rotatable bonds is 8. The van der Waals surface area contributed by atoms with Gasteiger partial charge in [0.25, 0.3) is 0 Å². The topological polar surface area (TPSA) is 55.1 Å². The minimum Gasteiger partial charge on any atom is -0.352 e. The Morgan fingerprint density at radius 1 is 1.26 bits per heavy atom. The lowest BCUT2D eigenvalue weighted by atomic mass is 10.1. The molecular weight excluding hydrogens is 236 g/mol. The first-order chi connectivity index (χ1) is 9.13. The average molecular weight is 262 g/mol. The van der Waals surface area contributed by atoms with Gasteiger partial charge in [0.2, 0.25) is 5.91 Å². The third kappa shape index (κ3) is 6.39. The van der Waals surface area contributed by atoms with E-state index in [1.807, 2.05) is 25.1 Å². The van der Waals surface area contributed by atoms with E-state index in [1.165, 1.54) is 5.56 Å². The highest BCUT2D eigenvalue weighted by atomic mass is 16.2. The number of hydrogen-bond donors (Lipinski definition) is 2. The molecule has 1 amide bonds. The lowest BCUT2D eigenvalue weighted by Crippen LogP contribution is -2.44. The van der Waals surface area contributed by atoms with Crippen LogP contribution in [0, 0.1) is 0 Å². The highest BCUT2D eigenvalue weighted by molar-refractivity contribution is 5.81. The molecule has 0 radical (unpaired) electrons. The van der Waals surface area contributed by atoms with Gasteiger partial charge in [0.15, 0.2) is 0 Å². The van der Waals surface area contributed by atoms with Gasteiger partial charge in [0.1, 0.15) is 0 Å². The minimum absolute atomic E-state index is 0.0194. The number of nitrogens with two attached hydrogens (primary N) is 1. The maximum absolute atomic E-state index is 11.8. The normalized spacial score (nSPS) is 13.8. The zero-order valence-electron chi connectivity index (χ0n) is 12.1. The van der Waals surface area contributed by atoms with E-state index in [0.29, 0.717) is 0 Å². The first kappa shape index (κ1) is 15.7. The first-order valence-electron chi connectivity index (χ1n) is 7.23. The van der Waals surface area contributed by atoms with Crippen LogP contribution in [0.3, 0.4) is 0 Å². The summed E-state index contributed by atoms with van der Waals surface area (Å²) < 4.78 is 0. The summed E-state index contributed by atoms with van der Waals surface area (Å²) in [6.07, 6.45) is 4.77. The number of carbonyl (C=O) groups excluding carboxylic acids is 1. The maximum atomic E-state index is 11.8. The summed E-state index contributed by atoms with van der Waals surface area (Å²) in [5, 5.41) is 2.99. The molecule has 0 aliphatic rings. The van der Waals surface area contributed by atoms with Gasteiger partial charge in [-0.2, -0.15) is 0 Å². The standard InChI is InChI=1S/C16H26N2O/c1-3-4-10-15(17)16(19)18-13(2)11-12-14-8-6-5-7-9-14/h5-9,13,15H,3-4,10-12,17H2,1-2H3,(H,18,19)/t13?,15-/m0/s1. The van der Waals surface area contributed by atoms with Crippen molar-refractivity contribution in [3.63, 3.8) is 0 Å². The van der Waals surface area contributed by atoms with Crippen LogP contribution in [0.25, 0.3) is 0 Å². The highest BCUT2D eigenvalue weighted by Gasteiger charge is 2.14. The molecule has 1 aromatic rings. The lowest BCUT2D eigenvalue weighted by molar-refractivity contribution is -0.123. The average Bonchev–Trinajstić information content (AvgIpc) is 2.43. The summed E-state index contributed by atoms with van der Waals surface area (Å²) in [7, 11) is 0. The fourth-order valence-corrected chi connectivity index (χ4v) is 2.01. The number of hydrogen-bond acceptors (Lipinski definition) is 2. The summed E-state index contributed by atoms with van der Waals surface area (Å²) in [5.74, 6) is -0.0194. The van der Waals surface area contributed by atoms with Gasteiger partial charge in [0, 0.05) is 6.04 Å². The van der Waals surface area contributed by atoms with Crippen LogP contribution in [0.15, 0.2) is 30.3 Å². The third-order valence-corrected chi connectivity index (χ3v) is 3.30. The highest BCUT2D eigenvalue weighted by Crippen LogP contribution is 2.05. The van der Waals surface area contributed by atoms with Crippen LogP contribution >= 0.6 is 0 Å². The van der Waals surface area contributed by atoms with E-state index >= 15 is 0 Å². The van der Waals surface area contributed by atoms with Gasteiger partial charge in [-0.15, -0.1) is 0 Å². The van der Waals surface area contributed by atoms with Gasteiger partial charge < -0.3 is 11.1 Å². The Bertz CT molecular complexity index is 364. The molecule has 3 nitrogen and oxygen atoms in total. The summed E-state index contributed by atoms with van der Waals surface area (Å²) in [6, 6.07) is 10.1. The van der Waals surface area contributed by atoms with E-state index in [1.54, 1.807) is 0 Å². The molecule has 3 heteroatoms. The molecule has 3 N–H and O–H groups in total. The largest absolute Gasteiger partial charge is 0.352 e. The van der Waals surface area contributed by atoms with Crippen LogP contribution in [0.4, 0.5) is 0 Å². The smallest absolute Gasteiger partial charge is 0.237 e. The second-order valence-corrected chi connectivity index (χ2v) is 5.18. The van der Waals surface area contributed by atoms with E-state index in [4.69, 9.17) is 5.73 Å². The van der Waals surface area contributed by atoms with Gasteiger partial charge in [0.05, 0.1) is 6.04 Å². The van der Waals surface area contributed by atoms with Crippen molar-refractivity contribution < 1.29 is 4.79 Å². The number of nitrogens with one attached hydrogen (secondary N) is 1. The molecule has 0 heterocycles. The molecule has 0 fully saturated rings. The molecule has 1 aromatic carbocycles. The second-order valence-electron chi connectivity index (χ2n) is 5.18. The predicted octanol–water partition coefficient (Wildman–Crippen LogP) is 2.64. The summed E-state index contributed by atoms with van der Waals surface area (Å²) in [4.78, 5) is 11.8. The van der Waals surface area contributed by atoms with Crippen molar-refractivity contribution in [3.8, 4) is 0 Å². The SMILES string of the molecule is CCCC[C@H](N)C(=O)NC(C)CCc1ccccc1. The molecule has 0 aromatic heterocycles. The van der Waals surface area contributed by atoms with Crippen LogP contribution in [0.2, 0.25) is 0 Å². The van der Waals surface area contributed by atoms with E-state index in [-0.39, 0.29) is 18.0 Å². The van der Waals surface area contributed by atoms with Crippen molar-refractivity contribution in [1.29, 1.82) is 0 Å². The van der Waals surface area contributed by atoms with Gasteiger partial charge in [-0.25, -0.2) is 0 Å². The Labute approximate surface area is 116 Å². The molecule has 0 saturated heterocycles. The Kier molecular flexibility index (Phi) is 7.19. The minimum atomic E-state index is -0.362. The number of amides is 1. The lowest BCUT2D eigenvalue weighted by Gasteiger charge is -2.17. The van der Waals surface area contributed by atoms with Crippen LogP contribution in [0.5, 0.6) is 0 Å². The summed E-state index contributed by atoms with van der Waals surface area (Å²) in [6.45, 7) is 4.14. The van der Waals surface area contributed by atoms with Crippen molar-refractivity contribution in [3.05, 3.63) is 35.9 Å². The Morgan fingerprint density at radius 3 is 2.58 bits per heavy atom. The van der Waals surface area contributed by atoms with Crippen molar-refractivity contribution in [2.45, 2.75) is 58.0 Å². The number of unbranched alkanes of at least 4 members (excludes halogenated alkanes) is 1. The molecule has 0 bridgehead atoms. The van der Waals surface area contributed by atoms with Gasteiger partial charge >= 0.3 is 0 Å². The first-order valence-corrected chi connectivity index (χ1v) is 7.23. The van der Waals surface area contributed by atoms with Crippen LogP contribution < -0.4 is 11.1 Å². The molecule has 0 saturated carbocycles. The number of aryl methyl sites for hydroxylation is 1. The second kappa shape index (κ2) is 8.70. The predicted molar refractivity (Wildman–Crippen MR) is 79.9 cm³/mol. The van der Waals surface area contributed by atoms with Crippen molar-refractivity contribution in [1.82, 2.24) is 5.32 Å². The van der Waals surface area contributed by atoms with E-state index < -0.39 is 0 Å². The maximum Gasteiger partial charge on any atom is 0.237 e. The van der Waals surface area contributed by atoms with Crippen LogP contribution in [-0.4, -0.2) is 18.0 Å². The Balaban J connectivity index is 2.26. The van der Waals surface area contributed by atoms with Gasteiger partial charge in [-0.3, -0.25) is 4.79 Å². The third-order valence-electron chi connectivity index (χ3n) is 3.30. The van der Waals surface area contributed by atoms with Crippen molar-refractivity contribution in [2.75, 3.05) is 0 Å². The van der Waals surface area contributed by atoms with E-state index in [9.17, 15) is 4.79 Å². The molecule has 1 rings (SSSR count). The zero-order valence-corrected chi connectivity index (χ0v) is 12.1. The molecular formula is C16H26N2O. The van der Waals surface area contributed by atoms with E-state index in [2.05, 4.69) is 24.4 Å².